The number of carbonyl (C=O) groups excluding carboxylic acids is 1. The summed E-state index contributed by atoms with van der Waals surface area (Å²) in [6.45, 7) is 8.78. The minimum atomic E-state index is -1.25. The number of aliphatic hydroxyl groups is 1. The van der Waals surface area contributed by atoms with Crippen molar-refractivity contribution in [2.24, 2.45) is 5.41 Å². The number of aliphatic carboxylic acids is 1. The van der Waals surface area contributed by atoms with Crippen LogP contribution in [0.3, 0.4) is 0 Å². The van der Waals surface area contributed by atoms with Crippen molar-refractivity contribution in [3.8, 4) is 0 Å². The van der Waals surface area contributed by atoms with Crippen molar-refractivity contribution in [2.75, 3.05) is 0 Å². The number of carboxylic acids is 1. The Labute approximate surface area is 119 Å². The SMILES string of the molecule is CC(C=C[C@@]1(O)C(C)=C(C)C(=O)CC1(C)C)=CC(=O)O. The number of allylic oxidation sites excluding steroid dienone is 3. The molecule has 0 fully saturated rings. The van der Waals surface area contributed by atoms with Crippen LogP contribution < -0.4 is 0 Å². The second-order valence-electron chi connectivity index (χ2n) is 6.06. The van der Waals surface area contributed by atoms with Crippen molar-refractivity contribution < 1.29 is 19.8 Å². The zero-order valence-electron chi connectivity index (χ0n) is 12.7. The molecule has 4 nitrogen and oxygen atoms in total. The highest BCUT2D eigenvalue weighted by Gasteiger charge is 2.48. The number of carboxylic acid groups (broad SMARTS) is 1. The Morgan fingerprint density at radius 3 is 2.35 bits per heavy atom. The summed E-state index contributed by atoms with van der Waals surface area (Å²) in [7, 11) is 0. The van der Waals surface area contributed by atoms with Gasteiger partial charge in [-0.1, -0.05) is 19.9 Å². The number of rotatable bonds is 3. The number of ketones is 1. The summed E-state index contributed by atoms with van der Waals surface area (Å²) in [5.74, 6) is -0.982. The van der Waals surface area contributed by atoms with Crippen LogP contribution in [0.1, 0.15) is 41.0 Å². The maximum atomic E-state index is 11.9. The topological polar surface area (TPSA) is 74.6 Å². The highest BCUT2D eigenvalue weighted by Crippen LogP contribution is 2.46. The van der Waals surface area contributed by atoms with E-state index in [1.807, 2.05) is 13.8 Å². The van der Waals surface area contributed by atoms with E-state index >= 15 is 0 Å². The molecule has 0 amide bonds. The summed E-state index contributed by atoms with van der Waals surface area (Å²) < 4.78 is 0. The molecule has 0 bridgehead atoms. The third-order valence-electron chi connectivity index (χ3n) is 4.13. The zero-order valence-corrected chi connectivity index (χ0v) is 12.7. The molecule has 0 heterocycles. The van der Waals surface area contributed by atoms with Crippen molar-refractivity contribution in [3.05, 3.63) is 34.9 Å². The summed E-state index contributed by atoms with van der Waals surface area (Å²) in [4.78, 5) is 22.5. The Morgan fingerprint density at radius 2 is 1.85 bits per heavy atom. The maximum Gasteiger partial charge on any atom is 0.328 e. The number of hydrogen-bond donors (Lipinski definition) is 2. The molecule has 4 heteroatoms. The molecule has 0 aliphatic heterocycles. The van der Waals surface area contributed by atoms with Crippen LogP contribution >= 0.6 is 0 Å². The van der Waals surface area contributed by atoms with Gasteiger partial charge >= 0.3 is 5.97 Å². The van der Waals surface area contributed by atoms with E-state index in [0.717, 1.165) is 6.08 Å². The van der Waals surface area contributed by atoms with Gasteiger partial charge in [-0.3, -0.25) is 4.79 Å². The van der Waals surface area contributed by atoms with Crippen LogP contribution in [0.15, 0.2) is 34.9 Å². The Bertz CT molecular complexity index is 535. The average Bonchev–Trinajstić information content (AvgIpc) is 2.30. The van der Waals surface area contributed by atoms with Crippen LogP contribution in [0.2, 0.25) is 0 Å². The summed E-state index contributed by atoms with van der Waals surface area (Å²) in [6.07, 6.45) is 4.51. The predicted molar refractivity (Wildman–Crippen MR) is 77.3 cm³/mol. The summed E-state index contributed by atoms with van der Waals surface area (Å²) >= 11 is 0. The molecule has 0 aromatic rings. The Hall–Kier alpha value is -1.68. The Balaban J connectivity index is 3.28. The Kier molecular flexibility index (Phi) is 4.39. The van der Waals surface area contributed by atoms with Crippen LogP contribution in [-0.2, 0) is 9.59 Å². The van der Waals surface area contributed by atoms with Crippen molar-refractivity contribution in [2.45, 2.75) is 46.6 Å². The highest BCUT2D eigenvalue weighted by atomic mass is 16.4. The first kappa shape index (κ1) is 16.4. The van der Waals surface area contributed by atoms with Gasteiger partial charge in [0.15, 0.2) is 5.78 Å². The largest absolute Gasteiger partial charge is 0.478 e. The summed E-state index contributed by atoms with van der Waals surface area (Å²) in [6, 6.07) is 0. The molecule has 0 aromatic carbocycles. The van der Waals surface area contributed by atoms with Gasteiger partial charge in [-0.25, -0.2) is 4.79 Å². The second-order valence-corrected chi connectivity index (χ2v) is 6.06. The van der Waals surface area contributed by atoms with Crippen LogP contribution in [0.5, 0.6) is 0 Å². The van der Waals surface area contributed by atoms with Gasteiger partial charge in [0.2, 0.25) is 0 Å². The average molecular weight is 278 g/mol. The lowest BCUT2D eigenvalue weighted by atomic mass is 9.62. The smallest absolute Gasteiger partial charge is 0.328 e. The molecule has 0 spiro atoms. The first-order valence-electron chi connectivity index (χ1n) is 6.55. The van der Waals surface area contributed by atoms with Crippen LogP contribution in [0, 0.1) is 5.41 Å². The fourth-order valence-electron chi connectivity index (χ4n) is 2.52. The van der Waals surface area contributed by atoms with E-state index in [0.29, 0.717) is 16.7 Å². The van der Waals surface area contributed by atoms with Gasteiger partial charge in [0, 0.05) is 17.9 Å². The van der Waals surface area contributed by atoms with Crippen LogP contribution in [-0.4, -0.2) is 27.6 Å². The van der Waals surface area contributed by atoms with E-state index in [9.17, 15) is 14.7 Å². The molecule has 1 aliphatic rings. The van der Waals surface area contributed by atoms with E-state index in [4.69, 9.17) is 5.11 Å². The third-order valence-corrected chi connectivity index (χ3v) is 4.13. The van der Waals surface area contributed by atoms with E-state index in [1.165, 1.54) is 0 Å². The molecule has 1 rings (SSSR count). The van der Waals surface area contributed by atoms with Crippen molar-refractivity contribution in [1.29, 1.82) is 0 Å². The number of hydrogen-bond acceptors (Lipinski definition) is 3. The highest BCUT2D eigenvalue weighted by molar-refractivity contribution is 5.97. The molecular weight excluding hydrogens is 256 g/mol. The first-order valence-corrected chi connectivity index (χ1v) is 6.55. The molecule has 0 aromatic heterocycles. The van der Waals surface area contributed by atoms with Gasteiger partial charge in [-0.15, -0.1) is 0 Å². The lowest BCUT2D eigenvalue weighted by Gasteiger charge is -2.45. The molecule has 0 saturated carbocycles. The molecule has 20 heavy (non-hydrogen) atoms. The fraction of sp³-hybridized carbons (Fsp3) is 0.500. The van der Waals surface area contributed by atoms with Crippen molar-refractivity contribution in [3.63, 3.8) is 0 Å². The van der Waals surface area contributed by atoms with Gasteiger partial charge in [0.05, 0.1) is 0 Å². The monoisotopic (exact) mass is 278 g/mol. The molecule has 0 saturated heterocycles. The van der Waals surface area contributed by atoms with Crippen LogP contribution in [0.25, 0.3) is 0 Å². The molecule has 1 aliphatic carbocycles. The maximum absolute atomic E-state index is 11.9. The first-order chi connectivity index (χ1) is 9.01. The van der Waals surface area contributed by atoms with E-state index in [2.05, 4.69) is 0 Å². The molecule has 1 atom stereocenters. The van der Waals surface area contributed by atoms with Crippen molar-refractivity contribution >= 4 is 11.8 Å². The van der Waals surface area contributed by atoms with Crippen molar-refractivity contribution in [1.82, 2.24) is 0 Å². The molecule has 110 valence electrons. The number of Topliss-reactive ketones (excluding diaryl/α,β-unsaturated/α-hetero) is 1. The fourth-order valence-corrected chi connectivity index (χ4v) is 2.52. The van der Waals surface area contributed by atoms with Crippen LogP contribution in [0.4, 0.5) is 0 Å². The van der Waals surface area contributed by atoms with Gasteiger partial charge < -0.3 is 10.2 Å². The van der Waals surface area contributed by atoms with Gasteiger partial charge in [0.25, 0.3) is 0 Å². The van der Waals surface area contributed by atoms with Gasteiger partial charge in [0.1, 0.15) is 5.60 Å². The van der Waals surface area contributed by atoms with E-state index < -0.39 is 17.0 Å². The summed E-state index contributed by atoms with van der Waals surface area (Å²) in [5.41, 5.74) is -0.148. The lowest BCUT2D eigenvalue weighted by molar-refractivity contribution is -0.131. The molecule has 2 N–H and O–H groups in total. The van der Waals surface area contributed by atoms with Gasteiger partial charge in [-0.05, 0) is 43.6 Å². The third kappa shape index (κ3) is 2.90. The standard InChI is InChI=1S/C16H22O4/c1-10(8-14(18)19)6-7-16(20)12(3)11(2)13(17)9-15(16,4)5/h6-8,20H,9H2,1-5H3,(H,18,19)/t16-/m1/s1. The van der Waals surface area contributed by atoms with E-state index in [1.54, 1.807) is 32.9 Å². The second kappa shape index (κ2) is 5.37. The molecule has 0 radical (unpaired) electrons. The zero-order chi connectivity index (χ0) is 15.7. The predicted octanol–water partition coefficient (Wildman–Crippen LogP) is 2.64. The minimum Gasteiger partial charge on any atom is -0.478 e. The Morgan fingerprint density at radius 1 is 1.30 bits per heavy atom. The van der Waals surface area contributed by atoms with E-state index in [-0.39, 0.29) is 12.2 Å². The molecule has 0 unspecified atom stereocenters. The number of carbonyl (C=O) groups is 2. The normalized spacial score (nSPS) is 27.3. The quantitative estimate of drug-likeness (QED) is 0.614. The minimum absolute atomic E-state index is 0.0448. The molecular formula is C16H22O4. The summed E-state index contributed by atoms with van der Waals surface area (Å²) in [5, 5.41) is 19.7. The van der Waals surface area contributed by atoms with Gasteiger partial charge in [-0.2, -0.15) is 0 Å². The lowest BCUT2D eigenvalue weighted by Crippen LogP contribution is -2.49.